The molecule has 3 heterocycles. The second-order valence-corrected chi connectivity index (χ2v) is 9.04. The molecule has 1 aliphatic rings. The maximum atomic E-state index is 12.2. The number of aliphatic hydroxyl groups is 1. The van der Waals surface area contributed by atoms with Gasteiger partial charge in [-0.1, -0.05) is 6.07 Å². The van der Waals surface area contributed by atoms with Crippen molar-refractivity contribution in [1.82, 2.24) is 19.4 Å². The summed E-state index contributed by atoms with van der Waals surface area (Å²) in [4.78, 5) is 28.7. The number of halogens is 1. The Bertz CT molecular complexity index is 1220. The molecule has 1 fully saturated rings. The highest BCUT2D eigenvalue weighted by Gasteiger charge is 2.23. The van der Waals surface area contributed by atoms with Crippen LogP contribution in [0.5, 0.6) is 0 Å². The van der Waals surface area contributed by atoms with Crippen LogP contribution in [0.4, 0.5) is 0 Å². The maximum absolute atomic E-state index is 12.2. The highest BCUT2D eigenvalue weighted by molar-refractivity contribution is 6.64. The molecular formula is C24H29ClN4O5. The van der Waals surface area contributed by atoms with E-state index < -0.39 is 17.4 Å². The molecule has 2 aromatic heterocycles. The second kappa shape index (κ2) is 10.4. The number of aryl methyl sites for hydroxylation is 2. The number of aromatic nitrogens is 3. The average Bonchev–Trinajstić information content (AvgIpc) is 3.15. The second-order valence-electron chi connectivity index (χ2n) is 8.67. The third-order valence-electron chi connectivity index (χ3n) is 5.96. The Morgan fingerprint density at radius 2 is 2.15 bits per heavy atom. The summed E-state index contributed by atoms with van der Waals surface area (Å²) in [6.07, 6.45) is 0.763. The highest BCUT2D eigenvalue weighted by Crippen LogP contribution is 2.27. The molecule has 3 atom stereocenters. The lowest BCUT2D eigenvalue weighted by Gasteiger charge is -2.24. The van der Waals surface area contributed by atoms with Gasteiger partial charge in [-0.05, 0) is 49.2 Å². The summed E-state index contributed by atoms with van der Waals surface area (Å²) in [6, 6.07) is 6.84. The molecule has 34 heavy (non-hydrogen) atoms. The molecule has 0 spiro atoms. The number of nitrogens with zero attached hydrogens (tertiary/aromatic N) is 3. The maximum Gasteiger partial charge on any atom is 0.253 e. The molecule has 9 nitrogen and oxygen atoms in total. The molecule has 182 valence electrons. The zero-order chi connectivity index (χ0) is 24.4. The molecule has 0 bridgehead atoms. The minimum atomic E-state index is -0.912. The van der Waals surface area contributed by atoms with Crippen molar-refractivity contribution in [3.63, 3.8) is 0 Å². The third kappa shape index (κ3) is 5.24. The van der Waals surface area contributed by atoms with Crippen molar-refractivity contribution in [2.75, 3.05) is 19.8 Å². The fourth-order valence-electron chi connectivity index (χ4n) is 4.20. The van der Waals surface area contributed by atoms with Crippen LogP contribution in [0.25, 0.3) is 22.4 Å². The lowest BCUT2D eigenvalue weighted by atomic mass is 10.1. The first-order valence-corrected chi connectivity index (χ1v) is 11.6. The van der Waals surface area contributed by atoms with E-state index in [0.717, 1.165) is 28.0 Å². The van der Waals surface area contributed by atoms with E-state index in [2.05, 4.69) is 9.88 Å². The summed E-state index contributed by atoms with van der Waals surface area (Å²) >= 11 is 5.60. The molecule has 0 aliphatic carbocycles. The molecule has 4 rings (SSSR count). The highest BCUT2D eigenvalue weighted by atomic mass is 35.5. The summed E-state index contributed by atoms with van der Waals surface area (Å²) in [5.41, 5.74) is 3.99. The molecule has 2 N–H and O–H groups in total. The van der Waals surface area contributed by atoms with E-state index in [4.69, 9.17) is 26.1 Å². The molecule has 1 saturated heterocycles. The summed E-state index contributed by atoms with van der Waals surface area (Å²) in [6.45, 7) is 5.83. The van der Waals surface area contributed by atoms with Crippen molar-refractivity contribution < 1.29 is 19.4 Å². The lowest BCUT2D eigenvalue weighted by Crippen LogP contribution is -2.42. The Balaban J connectivity index is 1.72. The van der Waals surface area contributed by atoms with Crippen molar-refractivity contribution in [2.45, 2.75) is 45.2 Å². The third-order valence-corrected chi connectivity index (χ3v) is 6.19. The van der Waals surface area contributed by atoms with Crippen molar-refractivity contribution >= 4 is 27.9 Å². The smallest absolute Gasteiger partial charge is 0.253 e. The number of ether oxygens (including phenoxy) is 2. The van der Waals surface area contributed by atoms with E-state index in [1.807, 2.05) is 24.3 Å². The van der Waals surface area contributed by atoms with Crippen LogP contribution in [0.15, 0.2) is 35.3 Å². The van der Waals surface area contributed by atoms with Gasteiger partial charge in [0.05, 0.1) is 49.6 Å². The lowest BCUT2D eigenvalue weighted by molar-refractivity contribution is -0.115. The van der Waals surface area contributed by atoms with Gasteiger partial charge in [0.25, 0.3) is 5.56 Å². The Morgan fingerprint density at radius 1 is 1.35 bits per heavy atom. The molecule has 0 saturated carbocycles. The van der Waals surface area contributed by atoms with Gasteiger partial charge in [0.2, 0.25) is 5.24 Å². The van der Waals surface area contributed by atoms with E-state index >= 15 is 0 Å². The summed E-state index contributed by atoms with van der Waals surface area (Å²) in [7, 11) is 1.73. The van der Waals surface area contributed by atoms with Crippen molar-refractivity contribution in [3.05, 3.63) is 51.9 Å². The zero-order valence-corrected chi connectivity index (χ0v) is 20.2. The van der Waals surface area contributed by atoms with Gasteiger partial charge in [0.15, 0.2) is 0 Å². The number of rotatable bonds is 8. The number of carbonyl (C=O) groups excluding carboxylic acids is 1. The van der Waals surface area contributed by atoms with E-state index in [1.165, 1.54) is 6.92 Å². The molecule has 1 aromatic carbocycles. The fourth-order valence-corrected chi connectivity index (χ4v) is 4.46. The zero-order valence-electron chi connectivity index (χ0n) is 19.5. The van der Waals surface area contributed by atoms with Crippen LogP contribution in [0.2, 0.25) is 0 Å². The number of nitrogens with one attached hydrogen (secondary N) is 1. The van der Waals surface area contributed by atoms with Gasteiger partial charge in [0, 0.05) is 30.9 Å². The fraction of sp³-hybridized carbons (Fsp3) is 0.458. The number of carbonyl (C=O) groups is 1. The van der Waals surface area contributed by atoms with Crippen molar-refractivity contribution in [2.24, 2.45) is 7.05 Å². The quantitative estimate of drug-likeness (QED) is 0.465. The Kier molecular flexibility index (Phi) is 7.49. The molecule has 0 amide bonds. The van der Waals surface area contributed by atoms with Gasteiger partial charge >= 0.3 is 0 Å². The van der Waals surface area contributed by atoms with Crippen LogP contribution < -0.4 is 10.9 Å². The van der Waals surface area contributed by atoms with Gasteiger partial charge in [-0.25, -0.2) is 4.98 Å². The molecule has 10 heteroatoms. The Hall–Kier alpha value is -2.56. The van der Waals surface area contributed by atoms with E-state index in [9.17, 15) is 14.7 Å². The minimum Gasteiger partial charge on any atom is -0.391 e. The first-order chi connectivity index (χ1) is 16.2. The van der Waals surface area contributed by atoms with Crippen molar-refractivity contribution in [3.8, 4) is 11.4 Å². The monoisotopic (exact) mass is 488 g/mol. The number of fused-ring (bicyclic) bond motifs is 1. The number of aliphatic hydroxyl groups excluding tert-OH is 1. The normalized spacial score (nSPS) is 18.2. The molecule has 3 aromatic rings. The standard InChI is InChI=1S/C24H29ClN4O5/c1-14-8-17(11-28(3)24(14)32)23-27-19-9-16(10-26-21(15(2)30)22(25)31)4-5-20(19)29(23)12-18-13-33-6-7-34-18/h4-5,8-9,11,15,18,21,26,30H,6-7,10,12-13H2,1-3H3/t15-,18?,21+/m1/s1. The number of benzene rings is 1. The summed E-state index contributed by atoms with van der Waals surface area (Å²) in [5.74, 6) is 0.728. The van der Waals surface area contributed by atoms with Crippen LogP contribution in [0.3, 0.4) is 0 Å². The van der Waals surface area contributed by atoms with Crippen LogP contribution in [-0.4, -0.2) is 62.5 Å². The molecule has 1 unspecified atom stereocenters. The van der Waals surface area contributed by atoms with Crippen LogP contribution in [-0.2, 0) is 34.4 Å². The predicted octanol–water partition coefficient (Wildman–Crippen LogP) is 1.73. The average molecular weight is 489 g/mol. The van der Waals surface area contributed by atoms with Gasteiger partial charge in [-0.2, -0.15) is 0 Å². The van der Waals surface area contributed by atoms with Gasteiger partial charge in [-0.15, -0.1) is 0 Å². The molecular weight excluding hydrogens is 460 g/mol. The number of hydrogen-bond acceptors (Lipinski definition) is 7. The van der Waals surface area contributed by atoms with E-state index in [1.54, 1.807) is 24.7 Å². The van der Waals surface area contributed by atoms with Gasteiger partial charge < -0.3 is 29.0 Å². The predicted molar refractivity (Wildman–Crippen MR) is 129 cm³/mol. The summed E-state index contributed by atoms with van der Waals surface area (Å²) in [5, 5.41) is 12.2. The number of hydrogen-bond donors (Lipinski definition) is 2. The number of pyridine rings is 1. The largest absolute Gasteiger partial charge is 0.391 e. The number of imidazole rings is 1. The van der Waals surface area contributed by atoms with Crippen LogP contribution in [0.1, 0.15) is 18.1 Å². The van der Waals surface area contributed by atoms with Crippen LogP contribution in [0, 0.1) is 6.92 Å². The first-order valence-electron chi connectivity index (χ1n) is 11.2. The van der Waals surface area contributed by atoms with Crippen molar-refractivity contribution in [1.29, 1.82) is 0 Å². The topological polar surface area (TPSA) is 108 Å². The van der Waals surface area contributed by atoms with E-state index in [-0.39, 0.29) is 11.7 Å². The minimum absolute atomic E-state index is 0.0507. The molecule has 0 radical (unpaired) electrons. The molecule has 1 aliphatic heterocycles. The van der Waals surface area contributed by atoms with Gasteiger partial charge in [-0.3, -0.25) is 9.59 Å². The van der Waals surface area contributed by atoms with Gasteiger partial charge in [0.1, 0.15) is 11.9 Å². The van der Waals surface area contributed by atoms with Crippen LogP contribution >= 0.6 is 11.6 Å². The Morgan fingerprint density at radius 3 is 2.79 bits per heavy atom. The Labute approximate surface area is 202 Å². The first kappa shape index (κ1) is 24.6. The SMILES string of the molecule is Cc1cc(-c2nc3cc(CN[C@H](C(=O)Cl)[C@@H](C)O)ccc3n2CC2COCCO2)cn(C)c1=O. The summed E-state index contributed by atoms with van der Waals surface area (Å²) < 4.78 is 15.1. The van der Waals surface area contributed by atoms with E-state index in [0.29, 0.717) is 38.5 Å².